The van der Waals surface area contributed by atoms with Gasteiger partial charge in [0.15, 0.2) is 0 Å². The van der Waals surface area contributed by atoms with Crippen LogP contribution in [0.15, 0.2) is 0 Å². The molecule has 0 amide bonds. The van der Waals surface area contributed by atoms with Gasteiger partial charge in [0.2, 0.25) is 0 Å². The summed E-state index contributed by atoms with van der Waals surface area (Å²) in [5, 5.41) is 5.66. The molecule has 2 aliphatic carbocycles. The van der Waals surface area contributed by atoms with Gasteiger partial charge in [0.25, 0.3) is 0 Å². The number of thioether (sulfide) groups is 1. The maximum Gasteiger partial charge on any atom is 0.0104 e. The Bertz CT molecular complexity index is 213. The molecular weight excluding hydrogens is 226 g/mol. The van der Waals surface area contributed by atoms with E-state index in [2.05, 4.69) is 30.9 Å². The largest absolute Gasteiger partial charge is 0.314 e. The number of hydrogen-bond acceptors (Lipinski definition) is 2. The van der Waals surface area contributed by atoms with Gasteiger partial charge in [-0.15, -0.1) is 0 Å². The first-order valence-corrected chi connectivity index (χ1v) is 8.64. The maximum absolute atomic E-state index is 3.73. The van der Waals surface area contributed by atoms with Crippen LogP contribution in [0.3, 0.4) is 0 Å². The highest BCUT2D eigenvalue weighted by Crippen LogP contribution is 2.40. The van der Waals surface area contributed by atoms with Crippen molar-refractivity contribution in [3.05, 3.63) is 0 Å². The van der Waals surface area contributed by atoms with Crippen LogP contribution in [0.5, 0.6) is 0 Å². The van der Waals surface area contributed by atoms with Gasteiger partial charge in [-0.2, -0.15) is 11.8 Å². The van der Waals surface area contributed by atoms with Crippen molar-refractivity contribution < 1.29 is 0 Å². The molecule has 0 aliphatic heterocycles. The third-order valence-corrected chi connectivity index (χ3v) is 6.43. The van der Waals surface area contributed by atoms with E-state index < -0.39 is 0 Å². The van der Waals surface area contributed by atoms with E-state index in [1.807, 2.05) is 0 Å². The summed E-state index contributed by atoms with van der Waals surface area (Å²) < 4.78 is 0. The highest BCUT2D eigenvalue weighted by molar-refractivity contribution is 8.00. The molecule has 2 saturated carbocycles. The Balaban J connectivity index is 1.74. The SMILES string of the molecule is CCCNC1CCC(SC2CCCCC2)C1C. The number of hydrogen-bond donors (Lipinski definition) is 1. The minimum atomic E-state index is 0.802. The first kappa shape index (κ1) is 13.7. The zero-order chi connectivity index (χ0) is 12.1. The lowest BCUT2D eigenvalue weighted by molar-refractivity contribution is 0.430. The van der Waals surface area contributed by atoms with E-state index in [9.17, 15) is 0 Å². The van der Waals surface area contributed by atoms with Gasteiger partial charge in [-0.25, -0.2) is 0 Å². The monoisotopic (exact) mass is 255 g/mol. The zero-order valence-electron chi connectivity index (χ0n) is 11.6. The molecule has 0 spiro atoms. The van der Waals surface area contributed by atoms with Crippen molar-refractivity contribution in [1.29, 1.82) is 0 Å². The van der Waals surface area contributed by atoms with E-state index in [1.165, 1.54) is 57.9 Å². The van der Waals surface area contributed by atoms with Gasteiger partial charge in [0, 0.05) is 16.5 Å². The van der Waals surface area contributed by atoms with Crippen LogP contribution in [0.2, 0.25) is 0 Å². The second-order valence-corrected chi connectivity index (χ2v) is 7.48. The molecule has 100 valence electrons. The molecule has 0 saturated heterocycles. The Kier molecular flexibility index (Phi) is 5.68. The average molecular weight is 255 g/mol. The molecule has 3 atom stereocenters. The van der Waals surface area contributed by atoms with Gasteiger partial charge in [0.1, 0.15) is 0 Å². The molecule has 0 aromatic carbocycles. The van der Waals surface area contributed by atoms with E-state index in [0.717, 1.165) is 22.5 Å². The van der Waals surface area contributed by atoms with Crippen LogP contribution in [-0.2, 0) is 0 Å². The Morgan fingerprint density at radius 3 is 2.53 bits per heavy atom. The summed E-state index contributed by atoms with van der Waals surface area (Å²) in [4.78, 5) is 0. The first-order valence-electron chi connectivity index (χ1n) is 7.70. The topological polar surface area (TPSA) is 12.0 Å². The fourth-order valence-electron chi connectivity index (χ4n) is 3.39. The van der Waals surface area contributed by atoms with Crippen LogP contribution < -0.4 is 5.32 Å². The third kappa shape index (κ3) is 3.89. The minimum absolute atomic E-state index is 0.802. The van der Waals surface area contributed by atoms with E-state index in [0.29, 0.717) is 0 Å². The van der Waals surface area contributed by atoms with Crippen molar-refractivity contribution in [2.75, 3.05) is 6.54 Å². The second kappa shape index (κ2) is 7.04. The minimum Gasteiger partial charge on any atom is -0.314 e. The molecule has 2 fully saturated rings. The van der Waals surface area contributed by atoms with Crippen molar-refractivity contribution in [3.8, 4) is 0 Å². The molecule has 1 N–H and O–H groups in total. The average Bonchev–Trinajstić information content (AvgIpc) is 2.70. The summed E-state index contributed by atoms with van der Waals surface area (Å²) in [6.45, 7) is 5.94. The zero-order valence-corrected chi connectivity index (χ0v) is 12.4. The lowest BCUT2D eigenvalue weighted by atomic mass is 10.0. The third-order valence-electron chi connectivity index (χ3n) is 4.56. The summed E-state index contributed by atoms with van der Waals surface area (Å²) in [6.07, 6.45) is 11.5. The molecule has 1 nitrogen and oxygen atoms in total. The van der Waals surface area contributed by atoms with Gasteiger partial charge in [-0.3, -0.25) is 0 Å². The van der Waals surface area contributed by atoms with Crippen molar-refractivity contribution in [2.45, 2.75) is 81.8 Å². The highest BCUT2D eigenvalue weighted by atomic mass is 32.2. The first-order chi connectivity index (χ1) is 8.31. The van der Waals surface area contributed by atoms with Gasteiger partial charge < -0.3 is 5.32 Å². The van der Waals surface area contributed by atoms with Crippen LogP contribution >= 0.6 is 11.8 Å². The lowest BCUT2D eigenvalue weighted by Crippen LogP contribution is -2.34. The molecule has 17 heavy (non-hydrogen) atoms. The van der Waals surface area contributed by atoms with E-state index in [4.69, 9.17) is 0 Å². The Morgan fingerprint density at radius 1 is 1.06 bits per heavy atom. The van der Waals surface area contributed by atoms with Gasteiger partial charge in [0.05, 0.1) is 0 Å². The van der Waals surface area contributed by atoms with E-state index >= 15 is 0 Å². The molecule has 2 heteroatoms. The molecule has 3 unspecified atom stereocenters. The molecule has 0 radical (unpaired) electrons. The Morgan fingerprint density at radius 2 is 1.82 bits per heavy atom. The normalized spacial score (nSPS) is 35.3. The summed E-state index contributed by atoms with van der Waals surface area (Å²) in [5.41, 5.74) is 0. The van der Waals surface area contributed by atoms with Crippen LogP contribution in [0.4, 0.5) is 0 Å². The fraction of sp³-hybridized carbons (Fsp3) is 1.00. The van der Waals surface area contributed by atoms with Crippen molar-refractivity contribution in [3.63, 3.8) is 0 Å². The van der Waals surface area contributed by atoms with Crippen molar-refractivity contribution in [1.82, 2.24) is 5.32 Å². The number of nitrogens with one attached hydrogen (secondary N) is 1. The quantitative estimate of drug-likeness (QED) is 0.789. The van der Waals surface area contributed by atoms with Crippen molar-refractivity contribution in [2.24, 2.45) is 5.92 Å². The Labute approximate surface area is 112 Å². The molecule has 0 aromatic heterocycles. The molecule has 2 rings (SSSR count). The van der Waals surface area contributed by atoms with Gasteiger partial charge in [-0.1, -0.05) is 33.1 Å². The van der Waals surface area contributed by atoms with Crippen LogP contribution in [-0.4, -0.2) is 23.1 Å². The fourth-order valence-corrected chi connectivity index (χ4v) is 5.20. The highest BCUT2D eigenvalue weighted by Gasteiger charge is 2.34. The second-order valence-electron chi connectivity index (χ2n) is 5.93. The van der Waals surface area contributed by atoms with E-state index in [1.54, 1.807) is 0 Å². The molecule has 2 aliphatic rings. The summed E-state index contributed by atoms with van der Waals surface area (Å²) in [5.74, 6) is 0.883. The number of rotatable bonds is 5. The standard InChI is InChI=1S/C15H29NS/c1-3-11-16-14-9-10-15(12(14)2)17-13-7-5-4-6-8-13/h12-16H,3-11H2,1-2H3. The van der Waals surface area contributed by atoms with Crippen molar-refractivity contribution >= 4 is 11.8 Å². The smallest absolute Gasteiger partial charge is 0.0104 e. The molecule has 0 aromatic rings. The molecule has 0 bridgehead atoms. The summed E-state index contributed by atoms with van der Waals surface area (Å²) >= 11 is 2.33. The predicted molar refractivity (Wildman–Crippen MR) is 78.7 cm³/mol. The van der Waals surface area contributed by atoms with Gasteiger partial charge in [-0.05, 0) is 44.6 Å². The molecule has 0 heterocycles. The maximum atomic E-state index is 3.73. The summed E-state index contributed by atoms with van der Waals surface area (Å²) in [7, 11) is 0. The van der Waals surface area contributed by atoms with Crippen LogP contribution in [0.25, 0.3) is 0 Å². The van der Waals surface area contributed by atoms with Crippen LogP contribution in [0.1, 0.15) is 65.2 Å². The Hall–Kier alpha value is 0.310. The lowest BCUT2D eigenvalue weighted by Gasteiger charge is -2.27. The summed E-state index contributed by atoms with van der Waals surface area (Å²) in [6, 6.07) is 0.802. The van der Waals surface area contributed by atoms with E-state index in [-0.39, 0.29) is 0 Å². The predicted octanol–water partition coefficient (Wildman–Crippen LogP) is 4.22. The van der Waals surface area contributed by atoms with Gasteiger partial charge >= 0.3 is 0 Å². The molecular formula is C15H29NS. The van der Waals surface area contributed by atoms with Crippen LogP contribution in [0, 0.1) is 5.92 Å².